The lowest BCUT2D eigenvalue weighted by molar-refractivity contribution is -0.142. The van der Waals surface area contributed by atoms with E-state index in [4.69, 9.17) is 0 Å². The van der Waals surface area contributed by atoms with E-state index in [-0.39, 0.29) is 18.4 Å². The number of esters is 1. The van der Waals surface area contributed by atoms with Crippen molar-refractivity contribution < 1.29 is 14.3 Å². The van der Waals surface area contributed by atoms with Crippen molar-refractivity contribution in [1.82, 2.24) is 10.6 Å². The zero-order chi connectivity index (χ0) is 12.6. The highest BCUT2D eigenvalue weighted by Crippen LogP contribution is 1.95. The molecule has 0 aliphatic heterocycles. The SMILES string of the molecule is COC(=O)C(C)NCC(=O)NCCC(C)C. The van der Waals surface area contributed by atoms with Crippen LogP contribution in [0.5, 0.6) is 0 Å². The number of ether oxygens (including phenoxy) is 1. The summed E-state index contributed by atoms with van der Waals surface area (Å²) in [6.45, 7) is 6.67. The summed E-state index contributed by atoms with van der Waals surface area (Å²) in [5.41, 5.74) is 0. The van der Waals surface area contributed by atoms with E-state index in [1.807, 2.05) is 0 Å². The number of carbonyl (C=O) groups is 2. The van der Waals surface area contributed by atoms with Crippen molar-refractivity contribution in [3.8, 4) is 0 Å². The molecule has 0 heterocycles. The van der Waals surface area contributed by atoms with Gasteiger partial charge in [0, 0.05) is 6.54 Å². The van der Waals surface area contributed by atoms with E-state index in [9.17, 15) is 9.59 Å². The topological polar surface area (TPSA) is 67.4 Å². The van der Waals surface area contributed by atoms with Gasteiger partial charge in [-0.1, -0.05) is 13.8 Å². The number of carbonyl (C=O) groups excluding carboxylic acids is 2. The van der Waals surface area contributed by atoms with Crippen LogP contribution in [0.3, 0.4) is 0 Å². The lowest BCUT2D eigenvalue weighted by Gasteiger charge is -2.11. The fourth-order valence-corrected chi connectivity index (χ4v) is 1.07. The Hall–Kier alpha value is -1.10. The number of hydrogen-bond donors (Lipinski definition) is 2. The lowest BCUT2D eigenvalue weighted by atomic mass is 10.1. The Bertz CT molecular complexity index is 229. The zero-order valence-corrected chi connectivity index (χ0v) is 10.5. The van der Waals surface area contributed by atoms with Crippen molar-refractivity contribution in [1.29, 1.82) is 0 Å². The second-order valence-electron chi connectivity index (χ2n) is 4.16. The molecule has 1 amide bonds. The molecule has 0 bridgehead atoms. The van der Waals surface area contributed by atoms with Gasteiger partial charge in [-0.05, 0) is 19.3 Å². The number of hydrogen-bond acceptors (Lipinski definition) is 4. The summed E-state index contributed by atoms with van der Waals surface area (Å²) in [6, 6.07) is -0.458. The lowest BCUT2D eigenvalue weighted by Crippen LogP contribution is -2.42. The van der Waals surface area contributed by atoms with Crippen LogP contribution in [-0.2, 0) is 14.3 Å². The molecule has 0 aromatic rings. The predicted molar refractivity (Wildman–Crippen MR) is 61.9 cm³/mol. The highest BCUT2D eigenvalue weighted by atomic mass is 16.5. The molecule has 0 rings (SSSR count). The van der Waals surface area contributed by atoms with E-state index < -0.39 is 6.04 Å². The Balaban J connectivity index is 3.61. The summed E-state index contributed by atoms with van der Waals surface area (Å²) in [7, 11) is 1.32. The van der Waals surface area contributed by atoms with Crippen molar-refractivity contribution in [2.24, 2.45) is 5.92 Å². The van der Waals surface area contributed by atoms with Crippen LogP contribution >= 0.6 is 0 Å². The molecule has 16 heavy (non-hydrogen) atoms. The molecule has 94 valence electrons. The van der Waals surface area contributed by atoms with Crippen LogP contribution in [0.2, 0.25) is 0 Å². The first-order valence-corrected chi connectivity index (χ1v) is 5.55. The van der Waals surface area contributed by atoms with Crippen molar-refractivity contribution in [3.05, 3.63) is 0 Å². The minimum Gasteiger partial charge on any atom is -0.468 e. The van der Waals surface area contributed by atoms with Gasteiger partial charge >= 0.3 is 5.97 Å². The van der Waals surface area contributed by atoms with Crippen molar-refractivity contribution in [3.63, 3.8) is 0 Å². The van der Waals surface area contributed by atoms with E-state index in [1.165, 1.54) is 7.11 Å². The number of amides is 1. The van der Waals surface area contributed by atoms with E-state index >= 15 is 0 Å². The molecule has 0 aliphatic rings. The van der Waals surface area contributed by atoms with E-state index in [1.54, 1.807) is 6.92 Å². The minimum absolute atomic E-state index is 0.101. The fraction of sp³-hybridized carbons (Fsp3) is 0.818. The molecule has 5 heteroatoms. The highest BCUT2D eigenvalue weighted by Gasteiger charge is 2.13. The van der Waals surface area contributed by atoms with Gasteiger partial charge in [-0.2, -0.15) is 0 Å². The van der Waals surface area contributed by atoms with Gasteiger partial charge in [-0.25, -0.2) is 0 Å². The maximum atomic E-state index is 11.3. The summed E-state index contributed by atoms with van der Waals surface area (Å²) in [5, 5.41) is 5.56. The fourth-order valence-electron chi connectivity index (χ4n) is 1.07. The maximum Gasteiger partial charge on any atom is 0.322 e. The van der Waals surface area contributed by atoms with Gasteiger partial charge in [-0.3, -0.25) is 14.9 Å². The molecule has 1 atom stereocenters. The van der Waals surface area contributed by atoms with Crippen LogP contribution < -0.4 is 10.6 Å². The van der Waals surface area contributed by atoms with Gasteiger partial charge in [0.05, 0.1) is 13.7 Å². The highest BCUT2D eigenvalue weighted by molar-refractivity contribution is 5.80. The monoisotopic (exact) mass is 230 g/mol. The van der Waals surface area contributed by atoms with Crippen molar-refractivity contribution in [2.45, 2.75) is 33.2 Å². The summed E-state index contributed by atoms with van der Waals surface area (Å²) in [5.74, 6) is 0.105. The molecular formula is C11H22N2O3. The molecule has 0 fully saturated rings. The van der Waals surface area contributed by atoms with Crippen LogP contribution in [0.1, 0.15) is 27.2 Å². The average molecular weight is 230 g/mol. The molecule has 0 spiro atoms. The molecule has 2 N–H and O–H groups in total. The summed E-state index contributed by atoms with van der Waals surface area (Å²) >= 11 is 0. The molecule has 1 unspecified atom stereocenters. The van der Waals surface area contributed by atoms with Crippen LogP contribution in [-0.4, -0.2) is 38.1 Å². The second-order valence-corrected chi connectivity index (χ2v) is 4.16. The first-order valence-electron chi connectivity index (χ1n) is 5.55. The van der Waals surface area contributed by atoms with Crippen LogP contribution in [0.4, 0.5) is 0 Å². The van der Waals surface area contributed by atoms with Gasteiger partial charge < -0.3 is 10.1 Å². The third kappa shape index (κ3) is 7.23. The van der Waals surface area contributed by atoms with Crippen molar-refractivity contribution >= 4 is 11.9 Å². The molecular weight excluding hydrogens is 208 g/mol. The first kappa shape index (κ1) is 14.9. The normalized spacial score (nSPS) is 12.3. The second kappa shape index (κ2) is 8.10. The molecule has 0 saturated carbocycles. The molecule has 0 saturated heterocycles. The van der Waals surface area contributed by atoms with Gasteiger partial charge in [0.1, 0.15) is 6.04 Å². The molecule has 0 aromatic heterocycles. The number of methoxy groups -OCH3 is 1. The summed E-state index contributed by atoms with van der Waals surface area (Å²) < 4.78 is 4.52. The molecule has 5 nitrogen and oxygen atoms in total. The van der Waals surface area contributed by atoms with Gasteiger partial charge in [0.25, 0.3) is 0 Å². The predicted octanol–water partition coefficient (Wildman–Crippen LogP) is 0.300. The molecule has 0 aliphatic carbocycles. The Morgan fingerprint density at radius 1 is 1.25 bits per heavy atom. The Morgan fingerprint density at radius 2 is 1.88 bits per heavy atom. The summed E-state index contributed by atoms with van der Waals surface area (Å²) in [6.07, 6.45) is 0.957. The Morgan fingerprint density at radius 3 is 2.38 bits per heavy atom. The summed E-state index contributed by atoms with van der Waals surface area (Å²) in [4.78, 5) is 22.3. The molecule has 0 radical (unpaired) electrons. The van der Waals surface area contributed by atoms with E-state index in [0.717, 1.165) is 6.42 Å². The third-order valence-corrected chi connectivity index (χ3v) is 2.17. The van der Waals surface area contributed by atoms with Gasteiger partial charge in [-0.15, -0.1) is 0 Å². The maximum absolute atomic E-state index is 11.3. The van der Waals surface area contributed by atoms with Gasteiger partial charge in [0.2, 0.25) is 5.91 Å². The molecule has 0 aromatic carbocycles. The van der Waals surface area contributed by atoms with Crippen LogP contribution in [0.15, 0.2) is 0 Å². The quantitative estimate of drug-likeness (QED) is 0.617. The Kier molecular flexibility index (Phi) is 7.54. The largest absolute Gasteiger partial charge is 0.468 e. The number of rotatable bonds is 7. The van der Waals surface area contributed by atoms with Crippen LogP contribution in [0, 0.1) is 5.92 Å². The smallest absolute Gasteiger partial charge is 0.322 e. The first-order chi connectivity index (χ1) is 7.47. The zero-order valence-electron chi connectivity index (χ0n) is 10.5. The standard InChI is InChI=1S/C11H22N2O3/c1-8(2)5-6-12-10(14)7-13-9(3)11(15)16-4/h8-9,13H,5-7H2,1-4H3,(H,12,14). The average Bonchev–Trinajstić information content (AvgIpc) is 2.24. The Labute approximate surface area is 96.9 Å². The van der Waals surface area contributed by atoms with E-state index in [2.05, 4.69) is 29.2 Å². The van der Waals surface area contributed by atoms with Crippen molar-refractivity contribution in [2.75, 3.05) is 20.2 Å². The minimum atomic E-state index is -0.458. The van der Waals surface area contributed by atoms with Crippen LogP contribution in [0.25, 0.3) is 0 Å². The van der Waals surface area contributed by atoms with Gasteiger partial charge in [0.15, 0.2) is 0 Å². The third-order valence-electron chi connectivity index (χ3n) is 2.17. The number of nitrogens with one attached hydrogen (secondary N) is 2. The van der Waals surface area contributed by atoms with E-state index in [0.29, 0.717) is 12.5 Å².